The Hall–Kier alpha value is -3.79. The van der Waals surface area contributed by atoms with E-state index in [1.807, 2.05) is 32.6 Å². The summed E-state index contributed by atoms with van der Waals surface area (Å²) in [5.41, 5.74) is 5.62. The third-order valence-electron chi connectivity index (χ3n) is 9.88. The summed E-state index contributed by atoms with van der Waals surface area (Å²) in [5, 5.41) is 10.2. The molecule has 1 unspecified atom stereocenters. The molecule has 9 nitrogen and oxygen atoms in total. The summed E-state index contributed by atoms with van der Waals surface area (Å²) in [5.74, 6) is 2.82. The highest BCUT2D eigenvalue weighted by atomic mass is 32.1. The van der Waals surface area contributed by atoms with Gasteiger partial charge in [-0.15, -0.1) is 21.5 Å². The number of nitrogens with zero attached hydrogens (tertiary/aromatic N) is 6. The Morgan fingerprint density at radius 3 is 2.42 bits per heavy atom. The van der Waals surface area contributed by atoms with Crippen molar-refractivity contribution < 1.29 is 13.9 Å². The second kappa shape index (κ2) is 13.6. The lowest BCUT2D eigenvalue weighted by molar-refractivity contribution is 0.0260. The molecule has 2 fully saturated rings. The predicted octanol–water partition coefficient (Wildman–Crippen LogP) is 9.08. The number of aryl methyl sites for hydroxylation is 2. The zero-order valence-electron chi connectivity index (χ0n) is 29.8. The van der Waals surface area contributed by atoms with E-state index in [1.54, 1.807) is 23.8 Å². The van der Waals surface area contributed by atoms with Crippen LogP contribution in [-0.2, 0) is 11.2 Å². The van der Waals surface area contributed by atoms with Gasteiger partial charge in [0, 0.05) is 29.1 Å². The number of thiophene rings is 1. The zero-order valence-corrected chi connectivity index (χ0v) is 30.6. The first-order valence-corrected chi connectivity index (χ1v) is 18.3. The van der Waals surface area contributed by atoms with Crippen molar-refractivity contribution in [2.45, 2.75) is 118 Å². The van der Waals surface area contributed by atoms with E-state index >= 15 is 0 Å². The van der Waals surface area contributed by atoms with E-state index < -0.39 is 5.60 Å². The molecule has 2 aliphatic heterocycles. The molecule has 0 N–H and O–H groups in total. The van der Waals surface area contributed by atoms with Crippen LogP contribution in [0.3, 0.4) is 0 Å². The molecule has 1 saturated carbocycles. The van der Waals surface area contributed by atoms with E-state index in [4.69, 9.17) is 14.1 Å². The minimum Gasteiger partial charge on any atom is -0.449 e. The third-order valence-corrected chi connectivity index (χ3v) is 11.1. The molecule has 5 heterocycles. The minimum absolute atomic E-state index is 0.171. The SMILES string of the molecule is CCC.Cc1sc2c(c1C)C(c1ccc(C3CCC4(CC3)CCN(C(=O)OC(C)(C)C)C4)cc1)=NC(Cc1ncco1)c1nnc(C)n1-2. The standard InChI is InChI=1S/C35H42N6O3S.C3H8/c1-21-22(2)45-32-29(21)30(37-27(19-28-36-16-18-43-28)31-39-38-23(3)41(31)32)26-9-7-24(8-10-26)25-11-13-35(14-12-25)15-17-40(20-35)33(42)44-34(4,5)6;1-3-2/h7-10,16,18,25,27H,11-15,17,19-20H2,1-6H3;3H2,1-2H3. The molecule has 1 aliphatic carbocycles. The maximum atomic E-state index is 12.7. The molecule has 10 heteroatoms. The molecule has 0 bridgehead atoms. The van der Waals surface area contributed by atoms with Crippen molar-refractivity contribution in [3.05, 3.63) is 81.4 Å². The minimum atomic E-state index is -0.461. The molecule has 7 rings (SSSR count). The smallest absolute Gasteiger partial charge is 0.410 e. The van der Waals surface area contributed by atoms with Crippen LogP contribution in [0.5, 0.6) is 0 Å². The highest BCUT2D eigenvalue weighted by Crippen LogP contribution is 2.48. The van der Waals surface area contributed by atoms with Crippen molar-refractivity contribution in [1.29, 1.82) is 0 Å². The molecule has 0 radical (unpaired) electrons. The molecule has 1 atom stereocenters. The second-order valence-corrected chi connectivity index (χ2v) is 16.0. The lowest BCUT2D eigenvalue weighted by Crippen LogP contribution is -2.37. The molecule has 1 aromatic carbocycles. The number of aromatic nitrogens is 4. The molecule has 1 amide bonds. The Labute approximate surface area is 288 Å². The average molecular weight is 671 g/mol. The van der Waals surface area contributed by atoms with E-state index in [-0.39, 0.29) is 17.6 Å². The number of likely N-dealkylation sites (tertiary alicyclic amines) is 1. The number of benzene rings is 1. The quantitative estimate of drug-likeness (QED) is 0.215. The van der Waals surface area contributed by atoms with Crippen LogP contribution in [0.15, 0.2) is 46.1 Å². The van der Waals surface area contributed by atoms with Crippen LogP contribution < -0.4 is 0 Å². The van der Waals surface area contributed by atoms with E-state index in [0.29, 0.717) is 18.2 Å². The number of ether oxygens (including phenoxy) is 1. The Kier molecular flexibility index (Phi) is 9.67. The van der Waals surface area contributed by atoms with Gasteiger partial charge in [-0.1, -0.05) is 44.5 Å². The maximum Gasteiger partial charge on any atom is 0.410 e. The average Bonchev–Trinajstić information content (AvgIpc) is 3.83. The number of hydrogen-bond acceptors (Lipinski definition) is 8. The van der Waals surface area contributed by atoms with Gasteiger partial charge in [0.25, 0.3) is 0 Å². The van der Waals surface area contributed by atoms with Crippen molar-refractivity contribution in [2.75, 3.05) is 13.1 Å². The van der Waals surface area contributed by atoms with Crippen LogP contribution in [0.25, 0.3) is 5.00 Å². The Bertz CT molecular complexity index is 1750. The van der Waals surface area contributed by atoms with E-state index in [9.17, 15) is 4.79 Å². The number of fused-ring (bicyclic) bond motifs is 3. The van der Waals surface area contributed by atoms with Crippen LogP contribution in [0, 0.1) is 26.2 Å². The van der Waals surface area contributed by atoms with Gasteiger partial charge in [-0.2, -0.15) is 0 Å². The molecule has 1 spiro atoms. The fraction of sp³-hybridized carbons (Fsp3) is 0.553. The summed E-state index contributed by atoms with van der Waals surface area (Å²) < 4.78 is 13.5. The van der Waals surface area contributed by atoms with Crippen molar-refractivity contribution in [2.24, 2.45) is 10.4 Å². The van der Waals surface area contributed by atoms with Crippen molar-refractivity contribution >= 4 is 23.1 Å². The molecule has 256 valence electrons. The number of carbonyl (C=O) groups is 1. The molecule has 4 aromatic rings. The first kappa shape index (κ1) is 34.1. The normalized spacial score (nSPS) is 22.0. The van der Waals surface area contributed by atoms with Gasteiger partial charge in [-0.05, 0) is 96.1 Å². The van der Waals surface area contributed by atoms with Gasteiger partial charge < -0.3 is 14.1 Å². The lowest BCUT2D eigenvalue weighted by Gasteiger charge is -2.37. The van der Waals surface area contributed by atoms with Gasteiger partial charge in [0.15, 0.2) is 11.7 Å². The topological polar surface area (TPSA) is 98.6 Å². The lowest BCUT2D eigenvalue weighted by atomic mass is 9.68. The Morgan fingerprint density at radius 1 is 1.06 bits per heavy atom. The third kappa shape index (κ3) is 6.86. The number of carbonyl (C=O) groups excluding carboxylic acids is 1. The zero-order chi connectivity index (χ0) is 34.2. The first-order valence-electron chi connectivity index (χ1n) is 17.5. The maximum absolute atomic E-state index is 12.7. The fourth-order valence-electron chi connectivity index (χ4n) is 7.35. The summed E-state index contributed by atoms with van der Waals surface area (Å²) in [7, 11) is 0. The number of amides is 1. The number of hydrogen-bond donors (Lipinski definition) is 0. The second-order valence-electron chi connectivity index (χ2n) is 14.8. The van der Waals surface area contributed by atoms with Gasteiger partial charge in [0.05, 0.1) is 18.3 Å². The van der Waals surface area contributed by atoms with Crippen LogP contribution >= 0.6 is 11.3 Å². The van der Waals surface area contributed by atoms with Crippen LogP contribution in [0.2, 0.25) is 0 Å². The van der Waals surface area contributed by atoms with E-state index in [1.165, 1.54) is 22.4 Å². The van der Waals surface area contributed by atoms with Crippen LogP contribution in [0.1, 0.15) is 130 Å². The summed E-state index contributed by atoms with van der Waals surface area (Å²) >= 11 is 1.77. The van der Waals surface area contributed by atoms with Crippen molar-refractivity contribution in [3.63, 3.8) is 0 Å². The molecule has 1 saturated heterocycles. The summed E-state index contributed by atoms with van der Waals surface area (Å²) in [6, 6.07) is 8.82. The first-order chi connectivity index (χ1) is 22.9. The molecular formula is C38H50N6O3S. The summed E-state index contributed by atoms with van der Waals surface area (Å²) in [6.07, 6.45) is 10.5. The van der Waals surface area contributed by atoms with Crippen molar-refractivity contribution in [3.8, 4) is 5.00 Å². The van der Waals surface area contributed by atoms with Gasteiger partial charge >= 0.3 is 6.09 Å². The van der Waals surface area contributed by atoms with Gasteiger partial charge in [-0.25, -0.2) is 9.78 Å². The molecule has 3 aromatic heterocycles. The number of oxazole rings is 1. The Morgan fingerprint density at radius 2 is 1.77 bits per heavy atom. The van der Waals surface area contributed by atoms with E-state index in [2.05, 4.69) is 71.7 Å². The predicted molar refractivity (Wildman–Crippen MR) is 191 cm³/mol. The summed E-state index contributed by atoms with van der Waals surface area (Å²) in [6.45, 7) is 18.0. The number of aliphatic imine (C=N–C) groups is 1. The highest BCUT2D eigenvalue weighted by Gasteiger charge is 2.43. The van der Waals surface area contributed by atoms with Gasteiger partial charge in [-0.3, -0.25) is 9.56 Å². The summed E-state index contributed by atoms with van der Waals surface area (Å²) in [4.78, 5) is 25.7. The van der Waals surface area contributed by atoms with Crippen LogP contribution in [-0.4, -0.2) is 55.1 Å². The molecule has 48 heavy (non-hydrogen) atoms. The van der Waals surface area contributed by atoms with Crippen LogP contribution in [0.4, 0.5) is 4.79 Å². The molecular weight excluding hydrogens is 621 g/mol. The Balaban J connectivity index is 0.00000129. The van der Waals surface area contributed by atoms with Gasteiger partial charge in [0.1, 0.15) is 28.7 Å². The van der Waals surface area contributed by atoms with Crippen molar-refractivity contribution in [1.82, 2.24) is 24.6 Å². The fourth-order valence-corrected chi connectivity index (χ4v) is 8.56. The molecule has 3 aliphatic rings. The monoisotopic (exact) mass is 670 g/mol. The van der Waals surface area contributed by atoms with E-state index in [0.717, 1.165) is 78.7 Å². The van der Waals surface area contributed by atoms with Gasteiger partial charge in [0.2, 0.25) is 0 Å². The largest absolute Gasteiger partial charge is 0.449 e. The number of rotatable bonds is 4. The highest BCUT2D eigenvalue weighted by molar-refractivity contribution is 7.15.